The molecule has 0 aromatic rings. The maximum Gasteiger partial charge on any atom is 0.302 e. The van der Waals surface area contributed by atoms with Crippen molar-refractivity contribution in [1.29, 1.82) is 0 Å². The van der Waals surface area contributed by atoms with Crippen LogP contribution in [0.15, 0.2) is 23.8 Å². The minimum Gasteiger partial charge on any atom is -0.462 e. The molecule has 0 heterocycles. The van der Waals surface area contributed by atoms with Gasteiger partial charge in [0, 0.05) is 12.8 Å². The second-order valence-electron chi connectivity index (χ2n) is 13.2. The van der Waals surface area contributed by atoms with Crippen molar-refractivity contribution in [2.45, 2.75) is 111 Å². The quantitative estimate of drug-likeness (QED) is 0.360. The van der Waals surface area contributed by atoms with Gasteiger partial charge in [-0.15, -0.1) is 0 Å². The second kappa shape index (κ2) is 9.61. The molecular weight excluding hydrogens is 440 g/mol. The highest BCUT2D eigenvalue weighted by Gasteiger charge is 2.66. The second-order valence-corrected chi connectivity index (χ2v) is 13.2. The van der Waals surface area contributed by atoms with E-state index in [0.717, 1.165) is 31.3 Å². The number of carbonyl (C=O) groups excluding carboxylic acids is 1. The van der Waals surface area contributed by atoms with Crippen LogP contribution in [0.3, 0.4) is 0 Å². The van der Waals surface area contributed by atoms with Crippen molar-refractivity contribution in [2.75, 3.05) is 0 Å². The highest BCUT2D eigenvalue weighted by atomic mass is 16.5. The molecule has 3 fully saturated rings. The van der Waals surface area contributed by atoms with E-state index in [1.54, 1.807) is 0 Å². The van der Waals surface area contributed by atoms with Crippen molar-refractivity contribution in [2.24, 2.45) is 46.3 Å². The van der Waals surface area contributed by atoms with Crippen LogP contribution >= 0.6 is 0 Å². The third kappa shape index (κ3) is 4.55. The zero-order valence-electron chi connectivity index (χ0n) is 22.7. The summed E-state index contributed by atoms with van der Waals surface area (Å²) < 4.78 is 6.08. The maximum atomic E-state index is 12.3. The maximum absolute atomic E-state index is 12.3. The number of carbonyl (C=O) groups is 1. The summed E-state index contributed by atoms with van der Waals surface area (Å²) in [6.45, 7) is 16.9. The zero-order valence-corrected chi connectivity index (χ0v) is 22.7. The topological polar surface area (TPSA) is 87.0 Å². The average molecular weight is 489 g/mol. The van der Waals surface area contributed by atoms with Crippen LogP contribution in [-0.2, 0) is 9.53 Å². The fourth-order valence-corrected chi connectivity index (χ4v) is 9.00. The molecule has 3 saturated carbocycles. The van der Waals surface area contributed by atoms with Crippen LogP contribution in [-0.4, -0.2) is 45.7 Å². The Kier molecular flexibility index (Phi) is 7.38. The van der Waals surface area contributed by atoms with Crippen molar-refractivity contribution < 1.29 is 24.9 Å². The van der Waals surface area contributed by atoms with Gasteiger partial charge in [0.25, 0.3) is 0 Å². The third-order valence-corrected chi connectivity index (χ3v) is 10.8. The number of esters is 1. The van der Waals surface area contributed by atoms with E-state index in [0.29, 0.717) is 31.1 Å². The van der Waals surface area contributed by atoms with Crippen LogP contribution in [0, 0.1) is 46.3 Å². The molecule has 0 saturated heterocycles. The van der Waals surface area contributed by atoms with E-state index in [-0.39, 0.29) is 52.7 Å². The van der Waals surface area contributed by atoms with Gasteiger partial charge in [-0.2, -0.15) is 0 Å². The molecule has 5 nitrogen and oxygen atoms in total. The Morgan fingerprint density at radius 1 is 1.23 bits per heavy atom. The summed E-state index contributed by atoms with van der Waals surface area (Å²) in [4.78, 5) is 12.3. The van der Waals surface area contributed by atoms with E-state index < -0.39 is 12.2 Å². The molecule has 4 aliphatic carbocycles. The highest BCUT2D eigenvalue weighted by molar-refractivity contribution is 5.66. The van der Waals surface area contributed by atoms with Crippen molar-refractivity contribution in [3.8, 4) is 0 Å². The average Bonchev–Trinajstić information content (AvgIpc) is 3.01. The number of hydrogen-bond acceptors (Lipinski definition) is 5. The Labute approximate surface area is 212 Å². The molecule has 0 aromatic heterocycles. The Balaban J connectivity index is 1.70. The fourth-order valence-electron chi connectivity index (χ4n) is 9.00. The predicted molar refractivity (Wildman–Crippen MR) is 137 cm³/mol. The summed E-state index contributed by atoms with van der Waals surface area (Å²) in [5.41, 5.74) is 1.92. The molecule has 35 heavy (non-hydrogen) atoms. The van der Waals surface area contributed by atoms with Crippen molar-refractivity contribution >= 4 is 5.97 Å². The van der Waals surface area contributed by atoms with Gasteiger partial charge in [-0.1, -0.05) is 58.4 Å². The first kappa shape index (κ1) is 26.9. The molecule has 0 aliphatic heterocycles. The van der Waals surface area contributed by atoms with Gasteiger partial charge in [0.2, 0.25) is 0 Å². The molecular formula is C30H48O5. The molecule has 11 atom stereocenters. The predicted octanol–water partition coefficient (Wildman–Crippen LogP) is 5.04. The Morgan fingerprint density at radius 3 is 2.54 bits per heavy atom. The molecule has 0 amide bonds. The van der Waals surface area contributed by atoms with Gasteiger partial charge in [-0.05, 0) is 85.4 Å². The Bertz CT molecular complexity index is 863. The first-order valence-electron chi connectivity index (χ1n) is 13.9. The van der Waals surface area contributed by atoms with Crippen LogP contribution in [0.2, 0.25) is 0 Å². The molecule has 3 N–H and O–H groups in total. The van der Waals surface area contributed by atoms with Gasteiger partial charge in [-0.3, -0.25) is 4.79 Å². The standard InChI is InChI=1S/C30H48O5/c1-16(2)17(3)8-9-18(4)27-24(34)14-22-26-23(33)13-20-12-21(32)10-11-29(20,6)28(26)25(35-19(5)31)15-30(22,27)7/h13,16,18,21-28,32-34H,3,8-12,14-15H2,1-2,4-7H3/t18-,21+,22+,23-,24+,25-,26-,27+,28+,29+,30+/m1/s1. The Hall–Kier alpha value is -1.17. The van der Waals surface area contributed by atoms with Crippen LogP contribution in [0.5, 0.6) is 0 Å². The molecule has 0 radical (unpaired) electrons. The Morgan fingerprint density at radius 2 is 1.91 bits per heavy atom. The molecule has 4 aliphatic rings. The van der Waals surface area contributed by atoms with E-state index in [1.807, 2.05) is 6.08 Å². The lowest BCUT2D eigenvalue weighted by Crippen LogP contribution is -2.60. The summed E-state index contributed by atoms with van der Waals surface area (Å²) >= 11 is 0. The lowest BCUT2D eigenvalue weighted by Gasteiger charge is -2.61. The summed E-state index contributed by atoms with van der Waals surface area (Å²) in [7, 11) is 0. The number of rotatable bonds is 6. The molecule has 0 bridgehead atoms. The van der Waals surface area contributed by atoms with Gasteiger partial charge in [0.15, 0.2) is 0 Å². The number of aliphatic hydroxyl groups is 3. The minimum atomic E-state index is -0.655. The summed E-state index contributed by atoms with van der Waals surface area (Å²) in [5, 5.41) is 33.3. The molecule has 198 valence electrons. The first-order valence-corrected chi connectivity index (χ1v) is 13.9. The number of allylic oxidation sites excluding steroid dienone is 1. The van der Waals surface area contributed by atoms with Crippen LogP contribution in [0.25, 0.3) is 0 Å². The number of ether oxygens (including phenoxy) is 1. The van der Waals surface area contributed by atoms with Gasteiger partial charge >= 0.3 is 5.97 Å². The summed E-state index contributed by atoms with van der Waals surface area (Å²) in [6.07, 6.45) is 5.70. The molecule has 5 heteroatoms. The van der Waals surface area contributed by atoms with Gasteiger partial charge < -0.3 is 20.1 Å². The molecule has 0 spiro atoms. The lowest BCUT2D eigenvalue weighted by atomic mass is 9.45. The van der Waals surface area contributed by atoms with E-state index in [4.69, 9.17) is 4.74 Å². The highest BCUT2D eigenvalue weighted by Crippen LogP contribution is 2.67. The minimum absolute atomic E-state index is 0.00560. The SMILES string of the molecule is C=C(CC[C@@H](C)[C@H]1[C@@H](O)C[C@H]2[C@H]3[C@H]([C@H](OC(C)=O)C[C@]12C)[C@@]1(C)CC[C@H](O)CC1=C[C@H]3O)C(C)C. The van der Waals surface area contributed by atoms with Crippen molar-refractivity contribution in [1.82, 2.24) is 0 Å². The largest absolute Gasteiger partial charge is 0.462 e. The van der Waals surface area contributed by atoms with E-state index >= 15 is 0 Å². The van der Waals surface area contributed by atoms with Gasteiger partial charge in [0.1, 0.15) is 6.10 Å². The molecule has 4 rings (SSSR count). The molecule has 0 unspecified atom stereocenters. The van der Waals surface area contributed by atoms with E-state index in [2.05, 4.69) is 41.2 Å². The lowest BCUT2D eigenvalue weighted by molar-refractivity contribution is -0.185. The van der Waals surface area contributed by atoms with Crippen molar-refractivity contribution in [3.63, 3.8) is 0 Å². The fraction of sp³-hybridized carbons (Fsp3) is 0.833. The third-order valence-electron chi connectivity index (χ3n) is 10.8. The number of hydrogen-bond donors (Lipinski definition) is 3. The number of aliphatic hydroxyl groups excluding tert-OH is 3. The summed E-state index contributed by atoms with van der Waals surface area (Å²) in [5.74, 6) is 0.649. The van der Waals surface area contributed by atoms with Crippen LogP contribution < -0.4 is 0 Å². The van der Waals surface area contributed by atoms with Gasteiger partial charge in [-0.25, -0.2) is 0 Å². The van der Waals surface area contributed by atoms with Gasteiger partial charge in [0.05, 0.1) is 18.3 Å². The normalized spacial score (nSPS) is 45.7. The first-order chi connectivity index (χ1) is 16.3. The van der Waals surface area contributed by atoms with Crippen LogP contribution in [0.1, 0.15) is 86.5 Å². The van der Waals surface area contributed by atoms with Crippen LogP contribution in [0.4, 0.5) is 0 Å². The smallest absolute Gasteiger partial charge is 0.302 e. The monoisotopic (exact) mass is 488 g/mol. The van der Waals surface area contributed by atoms with E-state index in [9.17, 15) is 20.1 Å². The molecule has 0 aromatic carbocycles. The number of fused-ring (bicyclic) bond motifs is 5. The summed E-state index contributed by atoms with van der Waals surface area (Å²) in [6, 6.07) is 0. The van der Waals surface area contributed by atoms with Crippen molar-refractivity contribution in [3.05, 3.63) is 23.8 Å². The van der Waals surface area contributed by atoms with E-state index in [1.165, 1.54) is 12.5 Å². The zero-order chi connectivity index (χ0) is 25.9.